The third-order valence-electron chi connectivity index (χ3n) is 2.68. The molecule has 1 saturated carbocycles. The molecule has 1 aliphatic carbocycles. The molecule has 3 nitrogen and oxygen atoms in total. The lowest BCUT2D eigenvalue weighted by molar-refractivity contribution is 0.692. The van der Waals surface area contributed by atoms with E-state index < -0.39 is 0 Å². The van der Waals surface area contributed by atoms with E-state index >= 15 is 0 Å². The molecule has 3 rings (SSSR count). The molecular formula is C10H9BrN2OS. The molecule has 0 atom stereocenters. The summed E-state index contributed by atoms with van der Waals surface area (Å²) in [5, 5.41) is 5.17. The number of fused-ring (bicyclic) bond motifs is 1. The molecule has 0 N–H and O–H groups in total. The van der Waals surface area contributed by atoms with Gasteiger partial charge in [0.15, 0.2) is 0 Å². The van der Waals surface area contributed by atoms with Gasteiger partial charge in [-0.05, 0) is 34.8 Å². The molecule has 0 radical (unpaired) electrons. The van der Waals surface area contributed by atoms with Crippen molar-refractivity contribution in [2.24, 2.45) is 7.05 Å². The van der Waals surface area contributed by atoms with Crippen molar-refractivity contribution in [3.8, 4) is 0 Å². The van der Waals surface area contributed by atoms with E-state index in [1.165, 1.54) is 17.5 Å². The SMILES string of the molecule is Cn1nc(C2CC2)c2sc(Br)cc2c1=O. The summed E-state index contributed by atoms with van der Waals surface area (Å²) in [6.45, 7) is 0. The smallest absolute Gasteiger partial charge is 0.267 e. The lowest BCUT2D eigenvalue weighted by Crippen LogP contribution is -2.20. The zero-order valence-electron chi connectivity index (χ0n) is 8.16. The first-order chi connectivity index (χ1) is 7.16. The molecule has 0 aromatic carbocycles. The van der Waals surface area contributed by atoms with Gasteiger partial charge in [0.2, 0.25) is 0 Å². The Hall–Kier alpha value is -0.680. The maximum atomic E-state index is 11.8. The van der Waals surface area contributed by atoms with Crippen molar-refractivity contribution in [2.45, 2.75) is 18.8 Å². The lowest BCUT2D eigenvalue weighted by Gasteiger charge is -2.02. The summed E-state index contributed by atoms with van der Waals surface area (Å²) in [4.78, 5) is 11.8. The average Bonchev–Trinajstić information content (AvgIpc) is 2.95. The Morgan fingerprint density at radius 2 is 2.33 bits per heavy atom. The van der Waals surface area contributed by atoms with Gasteiger partial charge in [-0.2, -0.15) is 5.10 Å². The van der Waals surface area contributed by atoms with Crippen LogP contribution in [0.1, 0.15) is 24.5 Å². The quantitative estimate of drug-likeness (QED) is 0.807. The van der Waals surface area contributed by atoms with Crippen LogP contribution in [0.5, 0.6) is 0 Å². The van der Waals surface area contributed by atoms with Crippen molar-refractivity contribution < 1.29 is 0 Å². The largest absolute Gasteiger partial charge is 0.275 e. The number of aryl methyl sites for hydroxylation is 1. The van der Waals surface area contributed by atoms with Gasteiger partial charge in [0, 0.05) is 13.0 Å². The van der Waals surface area contributed by atoms with E-state index in [1.807, 2.05) is 6.07 Å². The second kappa shape index (κ2) is 3.15. The fourth-order valence-electron chi connectivity index (χ4n) is 1.76. The van der Waals surface area contributed by atoms with E-state index in [9.17, 15) is 4.79 Å². The molecule has 5 heteroatoms. The summed E-state index contributed by atoms with van der Waals surface area (Å²) in [6.07, 6.45) is 2.41. The highest BCUT2D eigenvalue weighted by molar-refractivity contribution is 9.11. The van der Waals surface area contributed by atoms with Crippen LogP contribution < -0.4 is 5.56 Å². The zero-order chi connectivity index (χ0) is 10.6. The number of halogens is 1. The van der Waals surface area contributed by atoms with Gasteiger partial charge in [-0.15, -0.1) is 11.3 Å². The van der Waals surface area contributed by atoms with E-state index in [0.29, 0.717) is 5.92 Å². The molecule has 15 heavy (non-hydrogen) atoms. The zero-order valence-corrected chi connectivity index (χ0v) is 10.6. The van der Waals surface area contributed by atoms with Crippen LogP contribution in [0.4, 0.5) is 0 Å². The molecule has 2 heterocycles. The summed E-state index contributed by atoms with van der Waals surface area (Å²) >= 11 is 5.04. The molecule has 1 aliphatic rings. The van der Waals surface area contributed by atoms with E-state index in [1.54, 1.807) is 18.4 Å². The first kappa shape index (κ1) is 9.54. The molecule has 0 amide bonds. The maximum Gasteiger partial charge on any atom is 0.275 e. The van der Waals surface area contributed by atoms with Crippen LogP contribution in [0.15, 0.2) is 14.6 Å². The topological polar surface area (TPSA) is 34.9 Å². The Balaban J connectivity index is 2.44. The molecule has 0 unspecified atom stereocenters. The second-order valence-corrected chi connectivity index (χ2v) is 6.31. The van der Waals surface area contributed by atoms with Crippen molar-refractivity contribution in [2.75, 3.05) is 0 Å². The first-order valence-corrected chi connectivity index (χ1v) is 6.44. The molecule has 0 saturated heterocycles. The molecule has 1 fully saturated rings. The van der Waals surface area contributed by atoms with Crippen LogP contribution >= 0.6 is 27.3 Å². The van der Waals surface area contributed by atoms with Crippen LogP contribution in [0.25, 0.3) is 10.1 Å². The molecular weight excluding hydrogens is 276 g/mol. The summed E-state index contributed by atoms with van der Waals surface area (Å²) < 4.78 is 3.52. The molecule has 2 aromatic rings. The number of thiophene rings is 1. The Labute approximate surface area is 98.9 Å². The van der Waals surface area contributed by atoms with Crippen molar-refractivity contribution >= 4 is 37.4 Å². The third-order valence-corrected chi connectivity index (χ3v) is 4.34. The van der Waals surface area contributed by atoms with Crippen LogP contribution in [0, 0.1) is 0 Å². The molecule has 0 spiro atoms. The van der Waals surface area contributed by atoms with Gasteiger partial charge in [-0.3, -0.25) is 4.79 Å². The van der Waals surface area contributed by atoms with Gasteiger partial charge in [0.25, 0.3) is 5.56 Å². The highest BCUT2D eigenvalue weighted by Crippen LogP contribution is 2.43. The Morgan fingerprint density at radius 3 is 3.00 bits per heavy atom. The predicted molar refractivity (Wildman–Crippen MR) is 64.5 cm³/mol. The minimum absolute atomic E-state index is 0.00338. The normalized spacial score (nSPS) is 16.1. The van der Waals surface area contributed by atoms with Gasteiger partial charge in [-0.1, -0.05) is 0 Å². The average molecular weight is 285 g/mol. The van der Waals surface area contributed by atoms with Gasteiger partial charge >= 0.3 is 0 Å². The van der Waals surface area contributed by atoms with Crippen molar-refractivity contribution in [3.63, 3.8) is 0 Å². The van der Waals surface area contributed by atoms with Crippen LogP contribution in [0.2, 0.25) is 0 Å². The fourth-order valence-corrected chi connectivity index (χ4v) is 3.42. The third kappa shape index (κ3) is 1.45. The monoisotopic (exact) mass is 284 g/mol. The molecule has 2 aromatic heterocycles. The second-order valence-electron chi connectivity index (χ2n) is 3.88. The molecule has 0 aliphatic heterocycles. The Morgan fingerprint density at radius 1 is 1.60 bits per heavy atom. The standard InChI is InChI=1S/C10H9BrN2OS/c1-13-10(14)6-4-7(11)15-9(6)8(12-13)5-2-3-5/h4-5H,2-3H2,1H3. The van der Waals surface area contributed by atoms with Crippen LogP contribution in [-0.4, -0.2) is 9.78 Å². The molecule has 0 bridgehead atoms. The van der Waals surface area contributed by atoms with Crippen molar-refractivity contribution in [1.82, 2.24) is 9.78 Å². The van der Waals surface area contributed by atoms with E-state index in [4.69, 9.17) is 0 Å². The number of hydrogen-bond acceptors (Lipinski definition) is 3. The van der Waals surface area contributed by atoms with Gasteiger partial charge < -0.3 is 0 Å². The Bertz CT molecular complexity index is 597. The van der Waals surface area contributed by atoms with Crippen LogP contribution in [-0.2, 0) is 7.05 Å². The number of hydrogen-bond donors (Lipinski definition) is 0. The lowest BCUT2D eigenvalue weighted by atomic mass is 10.2. The van der Waals surface area contributed by atoms with E-state index in [2.05, 4.69) is 21.0 Å². The molecule has 78 valence electrons. The Kier molecular flexibility index (Phi) is 2.01. The van der Waals surface area contributed by atoms with E-state index in [-0.39, 0.29) is 5.56 Å². The maximum absolute atomic E-state index is 11.8. The minimum Gasteiger partial charge on any atom is -0.267 e. The van der Waals surface area contributed by atoms with Gasteiger partial charge in [-0.25, -0.2) is 4.68 Å². The summed E-state index contributed by atoms with van der Waals surface area (Å²) in [7, 11) is 1.72. The fraction of sp³-hybridized carbons (Fsp3) is 0.400. The number of nitrogens with zero attached hydrogens (tertiary/aromatic N) is 2. The number of aromatic nitrogens is 2. The highest BCUT2D eigenvalue weighted by atomic mass is 79.9. The van der Waals surface area contributed by atoms with Crippen LogP contribution in [0.3, 0.4) is 0 Å². The van der Waals surface area contributed by atoms with Gasteiger partial charge in [0.05, 0.1) is 19.6 Å². The highest BCUT2D eigenvalue weighted by Gasteiger charge is 2.29. The minimum atomic E-state index is -0.00338. The summed E-state index contributed by atoms with van der Waals surface area (Å²) in [5.74, 6) is 0.574. The summed E-state index contributed by atoms with van der Waals surface area (Å²) in [6, 6.07) is 1.90. The predicted octanol–water partition coefficient (Wildman–Crippen LogP) is 2.63. The van der Waals surface area contributed by atoms with Gasteiger partial charge in [0.1, 0.15) is 0 Å². The number of rotatable bonds is 1. The van der Waals surface area contributed by atoms with Crippen molar-refractivity contribution in [3.05, 3.63) is 25.9 Å². The van der Waals surface area contributed by atoms with Crippen molar-refractivity contribution in [1.29, 1.82) is 0 Å². The summed E-state index contributed by atoms with van der Waals surface area (Å²) in [5.41, 5.74) is 1.10. The van der Waals surface area contributed by atoms with E-state index in [0.717, 1.165) is 19.6 Å². The first-order valence-electron chi connectivity index (χ1n) is 4.83.